The van der Waals surface area contributed by atoms with Gasteiger partial charge in [-0.2, -0.15) is 11.8 Å². The van der Waals surface area contributed by atoms with Crippen LogP contribution >= 0.6 is 11.8 Å². The molecule has 1 heterocycles. The lowest BCUT2D eigenvalue weighted by atomic mass is 10.1. The quantitative estimate of drug-likeness (QED) is 0.730. The van der Waals surface area contributed by atoms with Crippen molar-refractivity contribution in [3.8, 4) is 0 Å². The Bertz CT molecular complexity index is 405. The molecule has 0 aromatic carbocycles. The minimum Gasteiger partial charge on any atom is -0.314 e. The second kappa shape index (κ2) is 6.99. The summed E-state index contributed by atoms with van der Waals surface area (Å²) in [5.74, 6) is 1.22. The van der Waals surface area contributed by atoms with Crippen molar-refractivity contribution in [3.05, 3.63) is 0 Å². The monoisotopic (exact) mass is 320 g/mol. The SMILES string of the molecule is CC1(C)CCN(S(=O)(=O)CCCCNC2CC2)CCS1. The van der Waals surface area contributed by atoms with Crippen LogP contribution in [0.15, 0.2) is 0 Å². The Balaban J connectivity index is 1.71. The second-order valence-electron chi connectivity index (χ2n) is 6.51. The fourth-order valence-electron chi connectivity index (χ4n) is 2.41. The van der Waals surface area contributed by atoms with E-state index in [4.69, 9.17) is 0 Å². The zero-order valence-corrected chi connectivity index (χ0v) is 14.4. The Morgan fingerprint density at radius 1 is 1.25 bits per heavy atom. The lowest BCUT2D eigenvalue weighted by Crippen LogP contribution is -2.35. The van der Waals surface area contributed by atoms with Gasteiger partial charge in [0.1, 0.15) is 0 Å². The molecule has 118 valence electrons. The number of hydrogen-bond donors (Lipinski definition) is 1. The first kappa shape index (κ1) is 16.6. The van der Waals surface area contributed by atoms with Crippen molar-refractivity contribution in [1.82, 2.24) is 9.62 Å². The van der Waals surface area contributed by atoms with Gasteiger partial charge in [0, 0.05) is 29.6 Å². The summed E-state index contributed by atoms with van der Waals surface area (Å²) >= 11 is 1.89. The molecule has 1 N–H and O–H groups in total. The molecule has 0 atom stereocenters. The first-order chi connectivity index (χ1) is 9.39. The van der Waals surface area contributed by atoms with Crippen molar-refractivity contribution in [2.24, 2.45) is 0 Å². The smallest absolute Gasteiger partial charge is 0.214 e. The van der Waals surface area contributed by atoms with Crippen LogP contribution < -0.4 is 5.32 Å². The summed E-state index contributed by atoms with van der Waals surface area (Å²) in [5.41, 5.74) is 0. The van der Waals surface area contributed by atoms with Crippen molar-refractivity contribution in [2.75, 3.05) is 31.1 Å². The summed E-state index contributed by atoms with van der Waals surface area (Å²) in [6.45, 7) is 6.73. The van der Waals surface area contributed by atoms with Crippen LogP contribution in [-0.4, -0.2) is 54.7 Å². The lowest BCUT2D eigenvalue weighted by molar-refractivity contribution is 0.414. The summed E-state index contributed by atoms with van der Waals surface area (Å²) in [7, 11) is -3.05. The van der Waals surface area contributed by atoms with E-state index in [1.54, 1.807) is 4.31 Å². The zero-order chi connectivity index (χ0) is 14.6. The van der Waals surface area contributed by atoms with Crippen LogP contribution in [0, 0.1) is 0 Å². The maximum Gasteiger partial charge on any atom is 0.214 e. The molecule has 4 nitrogen and oxygen atoms in total. The molecule has 0 spiro atoms. The summed E-state index contributed by atoms with van der Waals surface area (Å²) in [6.07, 6.45) is 5.26. The third-order valence-electron chi connectivity index (χ3n) is 4.03. The highest BCUT2D eigenvalue weighted by Gasteiger charge is 2.29. The third-order valence-corrected chi connectivity index (χ3v) is 7.36. The van der Waals surface area contributed by atoms with Gasteiger partial charge in [0.15, 0.2) is 0 Å². The number of thioether (sulfide) groups is 1. The molecule has 1 aliphatic heterocycles. The van der Waals surface area contributed by atoms with Crippen molar-refractivity contribution >= 4 is 21.8 Å². The van der Waals surface area contributed by atoms with Crippen LogP contribution in [0.3, 0.4) is 0 Å². The Labute approximate surface area is 128 Å². The summed E-state index contributed by atoms with van der Waals surface area (Å²) < 4.78 is 26.6. The highest BCUT2D eigenvalue weighted by atomic mass is 32.2. The first-order valence-corrected chi connectivity index (χ1v) is 10.3. The number of sulfonamides is 1. The van der Waals surface area contributed by atoms with Gasteiger partial charge < -0.3 is 5.32 Å². The average Bonchev–Trinajstić information content (AvgIpc) is 3.16. The lowest BCUT2D eigenvalue weighted by Gasteiger charge is -2.22. The topological polar surface area (TPSA) is 49.4 Å². The number of nitrogens with zero attached hydrogens (tertiary/aromatic N) is 1. The fraction of sp³-hybridized carbons (Fsp3) is 1.00. The molecule has 20 heavy (non-hydrogen) atoms. The molecule has 1 saturated carbocycles. The predicted molar refractivity (Wildman–Crippen MR) is 86.8 cm³/mol. The normalized spacial score (nSPS) is 24.5. The first-order valence-electron chi connectivity index (χ1n) is 7.74. The molecule has 2 rings (SSSR count). The maximum atomic E-state index is 12.4. The van der Waals surface area contributed by atoms with Crippen LogP contribution in [0.4, 0.5) is 0 Å². The number of hydrogen-bond acceptors (Lipinski definition) is 4. The Morgan fingerprint density at radius 3 is 2.70 bits per heavy atom. The van der Waals surface area contributed by atoms with Crippen molar-refractivity contribution in [3.63, 3.8) is 0 Å². The Morgan fingerprint density at radius 2 is 2.00 bits per heavy atom. The van der Waals surface area contributed by atoms with E-state index < -0.39 is 10.0 Å². The summed E-state index contributed by atoms with van der Waals surface area (Å²) in [4.78, 5) is 0. The maximum absolute atomic E-state index is 12.4. The van der Waals surface area contributed by atoms with E-state index >= 15 is 0 Å². The van der Waals surface area contributed by atoms with E-state index in [9.17, 15) is 8.42 Å². The van der Waals surface area contributed by atoms with Crippen molar-refractivity contribution < 1.29 is 8.42 Å². The third kappa shape index (κ3) is 5.54. The van der Waals surface area contributed by atoms with Crippen molar-refractivity contribution in [2.45, 2.75) is 56.7 Å². The Kier molecular flexibility index (Phi) is 5.79. The van der Waals surface area contributed by atoms with Crippen LogP contribution in [0.1, 0.15) is 46.0 Å². The molecule has 6 heteroatoms. The molecular formula is C14H28N2O2S2. The van der Waals surface area contributed by atoms with Gasteiger partial charge in [-0.15, -0.1) is 0 Å². The number of nitrogens with one attached hydrogen (secondary N) is 1. The molecule has 1 aliphatic carbocycles. The molecule has 0 bridgehead atoms. The van der Waals surface area contributed by atoms with Gasteiger partial charge in [-0.25, -0.2) is 12.7 Å². The van der Waals surface area contributed by atoms with Gasteiger partial charge in [0.05, 0.1) is 5.75 Å². The van der Waals surface area contributed by atoms with E-state index in [1.165, 1.54) is 12.8 Å². The van der Waals surface area contributed by atoms with Gasteiger partial charge in [0.2, 0.25) is 10.0 Å². The second-order valence-corrected chi connectivity index (χ2v) is 10.4. The van der Waals surface area contributed by atoms with Crippen molar-refractivity contribution in [1.29, 1.82) is 0 Å². The van der Waals surface area contributed by atoms with Gasteiger partial charge >= 0.3 is 0 Å². The molecule has 0 radical (unpaired) electrons. The van der Waals surface area contributed by atoms with Gasteiger partial charge in [-0.05, 0) is 38.6 Å². The molecule has 2 fully saturated rings. The van der Waals surface area contributed by atoms with E-state index in [-0.39, 0.29) is 4.75 Å². The standard InChI is InChI=1S/C14H28N2O2S2/c1-14(2)7-9-16(10-11-19-14)20(17,18)12-4-3-8-15-13-5-6-13/h13,15H,3-12H2,1-2H3. The van der Waals surface area contributed by atoms with E-state index in [2.05, 4.69) is 19.2 Å². The number of unbranched alkanes of at least 4 members (excludes halogenated alkanes) is 1. The molecule has 1 saturated heterocycles. The Hall–Kier alpha value is 0.220. The van der Waals surface area contributed by atoms with E-state index in [1.807, 2.05) is 11.8 Å². The molecule has 0 aromatic heterocycles. The minimum atomic E-state index is -3.05. The van der Waals surface area contributed by atoms with Gasteiger partial charge in [-0.3, -0.25) is 0 Å². The highest BCUT2D eigenvalue weighted by molar-refractivity contribution is 8.00. The van der Waals surface area contributed by atoms with Gasteiger partial charge in [0.25, 0.3) is 0 Å². The molecule has 0 unspecified atom stereocenters. The largest absolute Gasteiger partial charge is 0.314 e. The number of rotatable bonds is 7. The molecule has 0 aromatic rings. The zero-order valence-electron chi connectivity index (χ0n) is 12.7. The van der Waals surface area contributed by atoms with Crippen LogP contribution in [-0.2, 0) is 10.0 Å². The fourth-order valence-corrected chi connectivity index (χ4v) is 5.19. The van der Waals surface area contributed by atoms with Crippen LogP contribution in [0.2, 0.25) is 0 Å². The summed E-state index contributed by atoms with van der Waals surface area (Å²) in [5, 5.41) is 3.43. The van der Waals surface area contributed by atoms with Crippen LogP contribution in [0.5, 0.6) is 0 Å². The minimum absolute atomic E-state index is 0.207. The molecular weight excluding hydrogens is 292 g/mol. The van der Waals surface area contributed by atoms with Crippen LogP contribution in [0.25, 0.3) is 0 Å². The summed E-state index contributed by atoms with van der Waals surface area (Å²) in [6, 6.07) is 0.719. The average molecular weight is 321 g/mol. The molecule has 0 amide bonds. The highest BCUT2D eigenvalue weighted by Crippen LogP contribution is 2.31. The van der Waals surface area contributed by atoms with Gasteiger partial charge in [-0.1, -0.05) is 13.8 Å². The predicted octanol–water partition coefficient (Wildman–Crippen LogP) is 2.07. The van der Waals surface area contributed by atoms with E-state index in [0.29, 0.717) is 18.8 Å². The van der Waals surface area contributed by atoms with E-state index in [0.717, 1.165) is 37.6 Å². The molecule has 2 aliphatic rings.